The van der Waals surface area contributed by atoms with Crippen molar-refractivity contribution in [3.63, 3.8) is 0 Å². The van der Waals surface area contributed by atoms with Crippen LogP contribution in [-0.2, 0) is 0 Å². The lowest BCUT2D eigenvalue weighted by atomic mass is 10.2. The average Bonchev–Trinajstić information content (AvgIpc) is 1.98. The number of nitrogens with zero attached hydrogens (tertiary/aromatic N) is 1. The maximum absolute atomic E-state index is 8.71. The maximum Gasteiger partial charge on any atom is 0.159 e. The lowest BCUT2D eigenvalue weighted by Gasteiger charge is -1.90. The minimum atomic E-state index is -0.920. The number of unbranched alkanes of at least 4 members (excludes halogenated alkanes) is 2. The van der Waals surface area contributed by atoms with Crippen molar-refractivity contribution < 1.29 is 5.11 Å². The van der Waals surface area contributed by atoms with E-state index in [2.05, 4.69) is 6.92 Å². The van der Waals surface area contributed by atoms with E-state index in [1.165, 1.54) is 6.08 Å². The van der Waals surface area contributed by atoms with Crippen LogP contribution < -0.4 is 0 Å². The Morgan fingerprint density at radius 1 is 1.70 bits per heavy atom. The van der Waals surface area contributed by atoms with Gasteiger partial charge in [-0.25, -0.2) is 0 Å². The molecule has 0 aromatic rings. The summed E-state index contributed by atoms with van der Waals surface area (Å²) < 4.78 is 0. The zero-order chi connectivity index (χ0) is 7.82. The molecule has 0 rings (SSSR count). The van der Waals surface area contributed by atoms with Crippen LogP contribution in [0, 0.1) is 11.3 Å². The summed E-state index contributed by atoms with van der Waals surface area (Å²) in [6.45, 7) is 2.11. The van der Waals surface area contributed by atoms with Crippen molar-refractivity contribution in [1.29, 1.82) is 5.26 Å². The van der Waals surface area contributed by atoms with E-state index in [0.29, 0.717) is 0 Å². The highest BCUT2D eigenvalue weighted by molar-refractivity contribution is 5.00. The summed E-state index contributed by atoms with van der Waals surface area (Å²) >= 11 is 0. The quantitative estimate of drug-likeness (QED) is 0.365. The Labute approximate surface area is 61.8 Å². The first-order chi connectivity index (χ1) is 4.81. The van der Waals surface area contributed by atoms with Crippen LogP contribution in [0.1, 0.15) is 26.2 Å². The molecular formula is C8H13NO. The monoisotopic (exact) mass is 139 g/mol. The van der Waals surface area contributed by atoms with E-state index in [-0.39, 0.29) is 0 Å². The Morgan fingerprint density at radius 3 is 2.90 bits per heavy atom. The molecule has 56 valence electrons. The van der Waals surface area contributed by atoms with Gasteiger partial charge in [-0.15, -0.1) is 0 Å². The number of aliphatic hydroxyl groups is 1. The highest BCUT2D eigenvalue weighted by atomic mass is 16.3. The summed E-state index contributed by atoms with van der Waals surface area (Å²) in [4.78, 5) is 0. The molecular weight excluding hydrogens is 126 g/mol. The third-order valence-corrected chi connectivity index (χ3v) is 1.17. The van der Waals surface area contributed by atoms with Crippen molar-refractivity contribution in [2.45, 2.75) is 32.3 Å². The number of rotatable bonds is 4. The van der Waals surface area contributed by atoms with Crippen molar-refractivity contribution in [2.24, 2.45) is 0 Å². The number of nitriles is 1. The van der Waals surface area contributed by atoms with Crippen LogP contribution >= 0.6 is 0 Å². The number of hydrogen-bond acceptors (Lipinski definition) is 2. The van der Waals surface area contributed by atoms with E-state index >= 15 is 0 Å². The van der Waals surface area contributed by atoms with E-state index in [9.17, 15) is 0 Å². The zero-order valence-corrected chi connectivity index (χ0v) is 6.25. The molecule has 0 bridgehead atoms. The van der Waals surface area contributed by atoms with E-state index in [1.807, 2.05) is 6.08 Å². The van der Waals surface area contributed by atoms with E-state index < -0.39 is 6.10 Å². The second-order valence-corrected chi connectivity index (χ2v) is 2.14. The molecule has 0 fully saturated rings. The molecule has 0 saturated carbocycles. The summed E-state index contributed by atoms with van der Waals surface area (Å²) in [5.41, 5.74) is 0. The Hall–Kier alpha value is -0.810. The molecule has 0 saturated heterocycles. The van der Waals surface area contributed by atoms with Crippen molar-refractivity contribution in [3.05, 3.63) is 12.2 Å². The van der Waals surface area contributed by atoms with Crippen LogP contribution in [-0.4, -0.2) is 11.2 Å². The zero-order valence-electron chi connectivity index (χ0n) is 6.25. The highest BCUT2D eigenvalue weighted by Gasteiger charge is 1.90. The fraction of sp³-hybridized carbons (Fsp3) is 0.625. The molecule has 2 nitrogen and oxygen atoms in total. The molecule has 0 spiro atoms. The maximum atomic E-state index is 8.71. The first-order valence-electron chi connectivity index (χ1n) is 3.55. The molecule has 1 N–H and O–H groups in total. The van der Waals surface area contributed by atoms with Gasteiger partial charge in [0.15, 0.2) is 6.10 Å². The van der Waals surface area contributed by atoms with Crippen molar-refractivity contribution in [2.75, 3.05) is 0 Å². The number of hydrogen-bond donors (Lipinski definition) is 1. The minimum absolute atomic E-state index is 0.920. The van der Waals surface area contributed by atoms with Gasteiger partial charge in [-0.2, -0.15) is 5.26 Å². The van der Waals surface area contributed by atoms with E-state index in [1.54, 1.807) is 6.07 Å². The predicted octanol–water partition coefficient (Wildman–Crippen LogP) is 1.62. The Bertz CT molecular complexity index is 135. The standard InChI is InChI=1S/C8H13NO/c1-2-3-4-5-6-8(10)7-9/h5-6,8,10H,2-4H2,1H3/b6-5+. The molecule has 1 atom stereocenters. The van der Waals surface area contributed by atoms with Gasteiger partial charge >= 0.3 is 0 Å². The molecule has 1 unspecified atom stereocenters. The summed E-state index contributed by atoms with van der Waals surface area (Å²) in [5, 5.41) is 16.8. The summed E-state index contributed by atoms with van der Waals surface area (Å²) in [6.07, 6.45) is 5.67. The third kappa shape index (κ3) is 5.33. The molecule has 0 aromatic heterocycles. The van der Waals surface area contributed by atoms with Crippen molar-refractivity contribution in [1.82, 2.24) is 0 Å². The largest absolute Gasteiger partial charge is 0.374 e. The first kappa shape index (κ1) is 9.19. The van der Waals surface area contributed by atoms with Gasteiger partial charge in [0.25, 0.3) is 0 Å². The van der Waals surface area contributed by atoms with Gasteiger partial charge in [0.05, 0.1) is 6.07 Å². The Kier molecular flexibility index (Phi) is 5.80. The SMILES string of the molecule is CCCC/C=C/C(O)C#N. The fourth-order valence-electron chi connectivity index (χ4n) is 0.590. The molecule has 0 aromatic carbocycles. The summed E-state index contributed by atoms with van der Waals surface area (Å²) in [5.74, 6) is 0. The minimum Gasteiger partial charge on any atom is -0.374 e. The molecule has 0 radical (unpaired) electrons. The summed E-state index contributed by atoms with van der Waals surface area (Å²) in [6, 6.07) is 1.71. The molecule has 0 heterocycles. The van der Waals surface area contributed by atoms with Gasteiger partial charge in [0, 0.05) is 0 Å². The van der Waals surface area contributed by atoms with Gasteiger partial charge in [-0.3, -0.25) is 0 Å². The van der Waals surface area contributed by atoms with Crippen LogP contribution in [0.2, 0.25) is 0 Å². The highest BCUT2D eigenvalue weighted by Crippen LogP contribution is 1.95. The molecule has 0 aliphatic carbocycles. The van der Waals surface area contributed by atoms with E-state index in [4.69, 9.17) is 10.4 Å². The molecule has 0 amide bonds. The number of aliphatic hydroxyl groups excluding tert-OH is 1. The molecule has 2 heteroatoms. The normalized spacial score (nSPS) is 13.3. The van der Waals surface area contributed by atoms with Crippen molar-refractivity contribution >= 4 is 0 Å². The van der Waals surface area contributed by atoms with Crippen LogP contribution in [0.5, 0.6) is 0 Å². The van der Waals surface area contributed by atoms with Crippen LogP contribution in [0.25, 0.3) is 0 Å². The Morgan fingerprint density at radius 2 is 2.40 bits per heavy atom. The first-order valence-corrected chi connectivity index (χ1v) is 3.55. The lowest BCUT2D eigenvalue weighted by molar-refractivity contribution is 0.278. The second-order valence-electron chi connectivity index (χ2n) is 2.14. The molecule has 0 aliphatic rings. The van der Waals surface area contributed by atoms with Gasteiger partial charge in [-0.1, -0.05) is 25.8 Å². The van der Waals surface area contributed by atoms with Gasteiger partial charge < -0.3 is 5.11 Å². The second kappa shape index (κ2) is 6.31. The van der Waals surface area contributed by atoms with Gasteiger partial charge in [0.1, 0.15) is 0 Å². The summed E-state index contributed by atoms with van der Waals surface area (Å²) in [7, 11) is 0. The van der Waals surface area contributed by atoms with Crippen molar-refractivity contribution in [3.8, 4) is 6.07 Å². The predicted molar refractivity (Wildman–Crippen MR) is 40.3 cm³/mol. The topological polar surface area (TPSA) is 44.0 Å². The van der Waals surface area contributed by atoms with Crippen LogP contribution in [0.15, 0.2) is 12.2 Å². The smallest absolute Gasteiger partial charge is 0.159 e. The number of allylic oxidation sites excluding steroid dienone is 1. The Balaban J connectivity index is 3.29. The average molecular weight is 139 g/mol. The van der Waals surface area contributed by atoms with Gasteiger partial charge in [-0.05, 0) is 12.5 Å². The van der Waals surface area contributed by atoms with Crippen LogP contribution in [0.3, 0.4) is 0 Å². The van der Waals surface area contributed by atoms with Gasteiger partial charge in [0.2, 0.25) is 0 Å². The van der Waals surface area contributed by atoms with Crippen LogP contribution in [0.4, 0.5) is 0 Å². The third-order valence-electron chi connectivity index (χ3n) is 1.17. The molecule has 0 aliphatic heterocycles. The van der Waals surface area contributed by atoms with E-state index in [0.717, 1.165) is 19.3 Å². The molecule has 10 heavy (non-hydrogen) atoms. The lowest BCUT2D eigenvalue weighted by Crippen LogP contribution is -1.94. The fourth-order valence-corrected chi connectivity index (χ4v) is 0.590.